The Morgan fingerprint density at radius 1 is 0.328 bits per heavy atom. The van der Waals surface area contributed by atoms with E-state index in [-0.39, 0.29) is 102 Å². The summed E-state index contributed by atoms with van der Waals surface area (Å²) < 4.78 is 19.2. The number of carboxylic acid groups (broad SMARTS) is 1. The van der Waals surface area contributed by atoms with E-state index in [2.05, 4.69) is 249 Å². The first kappa shape index (κ1) is 144. The first-order chi connectivity index (χ1) is 57.1. The first-order valence-electron chi connectivity index (χ1n) is 46.2. The van der Waals surface area contributed by atoms with E-state index in [9.17, 15) is 24.0 Å². The van der Waals surface area contributed by atoms with Gasteiger partial charge in [-0.1, -0.05) is 310 Å². The Kier molecular flexibility index (Phi) is 90.2. The Bertz CT molecular complexity index is 3500. The summed E-state index contributed by atoms with van der Waals surface area (Å²) in [6.07, 6.45) is 19.0. The maximum Gasteiger partial charge on any atom is 0.303 e. The minimum absolute atomic E-state index is 0. The van der Waals surface area contributed by atoms with Crippen LogP contribution in [0.5, 0.6) is 0 Å². The molecule has 0 saturated heterocycles. The molecule has 0 aliphatic rings. The predicted molar refractivity (Wildman–Crippen MR) is 560 cm³/mol. The van der Waals surface area contributed by atoms with Gasteiger partial charge >= 0.3 is 5.97 Å². The molecule has 0 saturated carbocycles. The molecular weight excluding hydrogens is 1580 g/mol. The zero-order valence-electron chi connectivity index (χ0n) is 84.7. The number of carbonyl (C=O) groups is 5. The molecule has 0 fully saturated rings. The number of ketones is 4. The summed E-state index contributed by atoms with van der Waals surface area (Å²) in [6.45, 7) is 70.0. The van der Waals surface area contributed by atoms with Crippen molar-refractivity contribution in [1.82, 2.24) is 0 Å². The average Bonchev–Trinajstić information content (AvgIpc) is 0.773. The fraction of sp³-hybridized carbons (Fsp3) is 0.670. The van der Waals surface area contributed by atoms with Gasteiger partial charge in [0.2, 0.25) is 0 Å². The van der Waals surface area contributed by atoms with Crippen LogP contribution in [0.3, 0.4) is 0 Å². The molecule has 0 radical (unpaired) electrons. The van der Waals surface area contributed by atoms with E-state index in [1.54, 1.807) is 97.9 Å². The van der Waals surface area contributed by atoms with Crippen molar-refractivity contribution in [3.05, 3.63) is 174 Å². The predicted octanol–water partition coefficient (Wildman–Crippen LogP) is 31.6. The fourth-order valence-corrected chi connectivity index (χ4v) is 13.0. The van der Waals surface area contributed by atoms with E-state index in [0.29, 0.717) is 96.1 Å². The molecule has 13 heteroatoms. The van der Waals surface area contributed by atoms with Gasteiger partial charge in [-0.15, -0.1) is 0 Å². The summed E-state index contributed by atoms with van der Waals surface area (Å²) in [7, 11) is 6.37. The van der Waals surface area contributed by atoms with Crippen LogP contribution in [0.2, 0.25) is 0 Å². The number of carbonyl (C=O) groups excluding carboxylic acids is 4. The highest BCUT2D eigenvalue weighted by atomic mass is 16.5. The summed E-state index contributed by atoms with van der Waals surface area (Å²) in [4.78, 5) is 54.0. The van der Waals surface area contributed by atoms with Crippen LogP contribution in [-0.4, -0.2) is 89.1 Å². The smallest absolute Gasteiger partial charge is 0.303 e. The summed E-state index contributed by atoms with van der Waals surface area (Å²) in [5.74, 6) is 1.35. The molecule has 5 aromatic rings. The number of methoxy groups -OCH3 is 4. The first-order valence-corrected chi connectivity index (χ1v) is 46.2. The van der Waals surface area contributed by atoms with Crippen molar-refractivity contribution in [2.24, 2.45) is 28.1 Å². The van der Waals surface area contributed by atoms with Crippen LogP contribution in [0.1, 0.15) is 431 Å². The van der Waals surface area contributed by atoms with Crippen molar-refractivity contribution < 1.29 is 48.0 Å². The number of hydrogen-bond donors (Lipinski definition) is 1. The van der Waals surface area contributed by atoms with Gasteiger partial charge < -0.3 is 24.1 Å². The third-order valence-corrected chi connectivity index (χ3v) is 21.8. The standard InChI is InChI=1S/C18H30.2C14H22.C12H18.C11H19NO2.C10H17NO2.C10H14.C7H11NO2.C7H14O2.C6H12O2.6CH4/c1-7-13-14(8-2)16(10-4)18(12-6)17(11-5)15(13)9-3;1-13(2,3)11-7-9-12(10-8-11)14(4,5)6;1-5-11-9-13(7-3)14(8-4)10-12(11)6-2;1-9(2)11-5-7-12(8-6-11)10(3)4;1-9(7-14-4)10(13)5-6-11(2,3)8-12;1-10(2,8-11)6-4-9(12)5-7-13-3;1-3-9-5-7-10(4-2)8-6-9;1-7(2,5-8)4-3-6(9)10;1-4-7(8)6(2)5-9-3;1-3-6(7)4-5-8-2;;;;;;/h7-12H2,1-6H3;7-10H,1-6H3;9-10H,5-8H2,1-4H3;5-10H,1-4H3;9H,5-7H2,1-4H3;4-7H2,1-3H3;5-8H,3-4H2,1-2H3;3-4H2,1-2H3,(H,9,10);6H,4-5H2,1-3H3;3-5H2,1-2H3;6*1H4. The van der Waals surface area contributed by atoms with Gasteiger partial charge in [0.1, 0.15) is 23.1 Å². The van der Waals surface area contributed by atoms with Crippen molar-refractivity contribution in [2.75, 3.05) is 54.9 Å². The third-order valence-electron chi connectivity index (χ3n) is 21.8. The second-order valence-electron chi connectivity index (χ2n) is 36.2. The fourth-order valence-electron chi connectivity index (χ4n) is 13.0. The Hall–Kier alpha value is -7.44. The highest BCUT2D eigenvalue weighted by Crippen LogP contribution is 2.33. The van der Waals surface area contributed by atoms with E-state index in [0.717, 1.165) is 12.8 Å². The Labute approximate surface area is 793 Å². The van der Waals surface area contributed by atoms with Crippen molar-refractivity contribution in [2.45, 2.75) is 430 Å². The largest absolute Gasteiger partial charge is 0.481 e. The number of benzene rings is 5. The van der Waals surface area contributed by atoms with E-state index in [1.807, 2.05) is 61.5 Å². The molecule has 128 heavy (non-hydrogen) atoms. The molecule has 5 rings (SSSR count). The second-order valence-corrected chi connectivity index (χ2v) is 36.2. The zero-order chi connectivity index (χ0) is 95.2. The lowest BCUT2D eigenvalue weighted by molar-refractivity contribution is -0.137. The quantitative estimate of drug-likeness (QED) is 0.0392. The molecule has 2 unspecified atom stereocenters. The molecule has 5 aromatic carbocycles. The van der Waals surface area contributed by atoms with Crippen LogP contribution in [0, 0.1) is 62.1 Å². The zero-order valence-corrected chi connectivity index (χ0v) is 84.7. The van der Waals surface area contributed by atoms with Crippen molar-refractivity contribution in [3.63, 3.8) is 0 Å². The van der Waals surface area contributed by atoms with Gasteiger partial charge in [0.05, 0.1) is 60.9 Å². The molecule has 0 aromatic heterocycles. The van der Waals surface area contributed by atoms with Crippen LogP contribution in [0.4, 0.5) is 0 Å². The minimum Gasteiger partial charge on any atom is -0.481 e. The maximum atomic E-state index is 11.5. The monoisotopic (exact) mass is 1790 g/mol. The van der Waals surface area contributed by atoms with Crippen molar-refractivity contribution in [1.29, 1.82) is 15.8 Å². The van der Waals surface area contributed by atoms with E-state index in [1.165, 1.54) is 97.6 Å². The minimum atomic E-state index is -0.844. The molecule has 0 amide bonds. The van der Waals surface area contributed by atoms with E-state index >= 15 is 0 Å². The molecular formula is C115H203N3O10. The number of Topliss-reactive ketones (excluding diaryl/α,β-unsaturated/α-hetero) is 4. The number of rotatable bonds is 37. The lowest BCUT2D eigenvalue weighted by atomic mass is 9.81. The van der Waals surface area contributed by atoms with Gasteiger partial charge in [0.25, 0.3) is 0 Å². The highest BCUT2D eigenvalue weighted by molar-refractivity contribution is 5.81. The van der Waals surface area contributed by atoms with Crippen LogP contribution in [-0.2, 0) is 131 Å². The number of carboxylic acids is 1. The molecule has 0 bridgehead atoms. The van der Waals surface area contributed by atoms with Crippen LogP contribution in [0.15, 0.2) is 84.9 Å². The molecule has 1 N–H and O–H groups in total. The van der Waals surface area contributed by atoms with Crippen LogP contribution < -0.4 is 0 Å². The van der Waals surface area contributed by atoms with Crippen molar-refractivity contribution >= 4 is 29.1 Å². The van der Waals surface area contributed by atoms with E-state index < -0.39 is 16.8 Å². The number of ether oxygens (including phenoxy) is 4. The van der Waals surface area contributed by atoms with Gasteiger partial charge in [0.15, 0.2) is 0 Å². The molecule has 0 heterocycles. The highest BCUT2D eigenvalue weighted by Gasteiger charge is 2.24. The summed E-state index contributed by atoms with van der Waals surface area (Å²) in [5, 5.41) is 34.2. The summed E-state index contributed by atoms with van der Waals surface area (Å²) in [5.41, 5.74) is 23.9. The molecule has 738 valence electrons. The second kappa shape index (κ2) is 80.4. The molecule has 0 aliphatic heterocycles. The van der Waals surface area contributed by atoms with Gasteiger partial charge in [-0.3, -0.25) is 24.0 Å². The summed E-state index contributed by atoms with van der Waals surface area (Å²) >= 11 is 0. The molecule has 13 nitrogen and oxygen atoms in total. The number of aliphatic carboxylic acids is 1. The van der Waals surface area contributed by atoms with Crippen LogP contribution >= 0.6 is 0 Å². The SMILES string of the molecule is C.C.C.C.C.C.CC(C)(C#N)CCC(=O)O.CC(C)(C)c1ccc(C(C)(C)C)cc1.CC(C)c1ccc(C(C)C)cc1.CCC(=O)C(C)COC.CCC(=O)CCOC.CCc1c(CC)c(CC)c(CC)c(CC)c1CC.CCc1cc(CC)c(CC)cc1CC.CCc1ccc(CC)cc1.COCC(C)C(=O)CCC(C)(C)C#N.COCCC(=O)CCC(C)(C)C#N. The van der Waals surface area contributed by atoms with Gasteiger partial charge in [-0.2, -0.15) is 15.8 Å². The molecule has 0 aliphatic carbocycles. The van der Waals surface area contributed by atoms with Gasteiger partial charge in [-0.05, 0) is 250 Å². The van der Waals surface area contributed by atoms with Gasteiger partial charge in [-0.25, -0.2) is 0 Å². The van der Waals surface area contributed by atoms with Crippen LogP contribution in [0.25, 0.3) is 0 Å². The molecule has 0 spiro atoms. The number of hydrogen-bond acceptors (Lipinski definition) is 12. The number of nitrogens with zero attached hydrogens (tertiary/aromatic N) is 3. The van der Waals surface area contributed by atoms with E-state index in [4.69, 9.17) is 39.8 Å². The van der Waals surface area contributed by atoms with Crippen molar-refractivity contribution in [3.8, 4) is 18.2 Å². The summed E-state index contributed by atoms with van der Waals surface area (Å²) in [6, 6.07) is 38.0. The average molecular weight is 1790 g/mol. The Morgan fingerprint density at radius 2 is 0.586 bits per heavy atom. The lowest BCUT2D eigenvalue weighted by Gasteiger charge is -2.24. The maximum absolute atomic E-state index is 11.5. The Balaban J connectivity index is -0.000000132. The normalized spacial score (nSPS) is 10.8. The Morgan fingerprint density at radius 3 is 0.789 bits per heavy atom. The topological polar surface area (TPSA) is 214 Å². The third kappa shape index (κ3) is 64.4. The number of aryl methyl sites for hydroxylation is 6. The van der Waals surface area contributed by atoms with Gasteiger partial charge in [0, 0.05) is 85.2 Å². The number of nitriles is 3. The lowest BCUT2D eigenvalue weighted by Crippen LogP contribution is -2.19. The molecule has 2 atom stereocenters.